The van der Waals surface area contributed by atoms with E-state index in [9.17, 15) is 9.59 Å². The van der Waals surface area contributed by atoms with E-state index in [1.807, 2.05) is 35.6 Å². The first-order valence-corrected chi connectivity index (χ1v) is 6.50. The van der Waals surface area contributed by atoms with Crippen LogP contribution in [-0.2, 0) is 16.1 Å². The number of imide groups is 1. The van der Waals surface area contributed by atoms with Crippen LogP contribution < -0.4 is 5.32 Å². The molecule has 4 nitrogen and oxygen atoms in total. The first kappa shape index (κ1) is 11.4. The number of piperidine rings is 1. The maximum atomic E-state index is 12.2. The van der Waals surface area contributed by atoms with Crippen LogP contribution in [0.25, 0.3) is 0 Å². The number of carbonyl (C=O) groups is 2. The van der Waals surface area contributed by atoms with Gasteiger partial charge in [0.25, 0.3) is 5.91 Å². The van der Waals surface area contributed by atoms with Crippen LogP contribution in [0.5, 0.6) is 0 Å². The van der Waals surface area contributed by atoms with Crippen molar-refractivity contribution in [1.82, 2.24) is 4.90 Å². The van der Waals surface area contributed by atoms with Gasteiger partial charge >= 0.3 is 0 Å². The van der Waals surface area contributed by atoms with E-state index in [2.05, 4.69) is 0 Å². The smallest absolute Gasteiger partial charge is 0.288 e. The molecule has 2 aliphatic heterocycles. The van der Waals surface area contributed by atoms with Gasteiger partial charge in [-0.3, -0.25) is 14.5 Å². The molecule has 0 radical (unpaired) electrons. The van der Waals surface area contributed by atoms with Gasteiger partial charge in [-0.05, 0) is 18.4 Å². The van der Waals surface area contributed by atoms with Crippen molar-refractivity contribution in [1.29, 1.82) is 0 Å². The van der Waals surface area contributed by atoms with Gasteiger partial charge in [0.1, 0.15) is 0 Å². The van der Waals surface area contributed by atoms with Crippen LogP contribution in [0.15, 0.2) is 30.3 Å². The van der Waals surface area contributed by atoms with Gasteiger partial charge in [0, 0.05) is 0 Å². The zero-order chi connectivity index (χ0) is 12.5. The second kappa shape index (κ2) is 4.53. The summed E-state index contributed by atoms with van der Waals surface area (Å²) in [5, 5.41) is 2.03. The molecule has 4 heteroatoms. The Bertz CT molecular complexity index is 448. The highest BCUT2D eigenvalue weighted by Gasteiger charge is 2.51. The molecule has 0 saturated carbocycles. The highest BCUT2D eigenvalue weighted by molar-refractivity contribution is 6.06. The van der Waals surface area contributed by atoms with E-state index in [0.29, 0.717) is 6.54 Å². The molecule has 3 rings (SSSR count). The van der Waals surface area contributed by atoms with E-state index < -0.39 is 0 Å². The van der Waals surface area contributed by atoms with Gasteiger partial charge in [-0.25, -0.2) is 0 Å². The lowest BCUT2D eigenvalue weighted by Crippen LogP contribution is -2.94. The van der Waals surface area contributed by atoms with Crippen molar-refractivity contribution >= 4 is 11.8 Å². The van der Waals surface area contributed by atoms with Crippen LogP contribution in [0, 0.1) is 5.92 Å². The summed E-state index contributed by atoms with van der Waals surface area (Å²) in [6.45, 7) is 1.37. The molecule has 0 aromatic heterocycles. The number of carbonyl (C=O) groups excluding carboxylic acids is 2. The number of hydrogen-bond donors (Lipinski definition) is 1. The molecule has 18 heavy (non-hydrogen) atoms. The van der Waals surface area contributed by atoms with Crippen LogP contribution in [0.1, 0.15) is 18.4 Å². The quantitative estimate of drug-likeness (QED) is 0.740. The lowest BCUT2D eigenvalue weighted by molar-refractivity contribution is -0.688. The molecule has 2 aliphatic rings. The third-order valence-corrected chi connectivity index (χ3v) is 3.89. The van der Waals surface area contributed by atoms with Crippen LogP contribution in [-0.4, -0.2) is 29.3 Å². The van der Waals surface area contributed by atoms with Crippen LogP contribution >= 0.6 is 0 Å². The number of amides is 2. The lowest BCUT2D eigenvalue weighted by Gasteiger charge is -2.18. The average Bonchev–Trinajstić information content (AvgIpc) is 2.66. The molecular formula is C14H17N2O2+. The minimum atomic E-state index is -0.157. The zero-order valence-electron chi connectivity index (χ0n) is 10.2. The van der Waals surface area contributed by atoms with Gasteiger partial charge in [0.15, 0.2) is 6.04 Å². The Morgan fingerprint density at radius 3 is 2.67 bits per heavy atom. The standard InChI is InChI=1S/C14H16N2O2/c17-13-11-7-4-8-15-12(11)14(18)16(13)9-10-5-2-1-3-6-10/h1-3,5-6,11-12,15H,4,7-9H2/p+1/t11-,12-/m1/s1. The molecule has 0 aliphatic carbocycles. The highest BCUT2D eigenvalue weighted by atomic mass is 16.2. The van der Waals surface area contributed by atoms with Crippen molar-refractivity contribution in [3.05, 3.63) is 35.9 Å². The van der Waals surface area contributed by atoms with Crippen molar-refractivity contribution in [2.75, 3.05) is 6.54 Å². The summed E-state index contributed by atoms with van der Waals surface area (Å²) >= 11 is 0. The van der Waals surface area contributed by atoms with E-state index in [-0.39, 0.29) is 23.8 Å². The van der Waals surface area contributed by atoms with E-state index in [4.69, 9.17) is 0 Å². The second-order valence-electron chi connectivity index (χ2n) is 5.05. The molecule has 2 atom stereocenters. The molecule has 2 saturated heterocycles. The summed E-state index contributed by atoms with van der Waals surface area (Å²) in [5.74, 6) is -0.0756. The van der Waals surface area contributed by atoms with Crippen LogP contribution in [0.2, 0.25) is 0 Å². The maximum absolute atomic E-state index is 12.2. The van der Waals surface area contributed by atoms with Crippen molar-refractivity contribution in [2.45, 2.75) is 25.4 Å². The number of likely N-dealkylation sites (tertiary alicyclic amines) is 1. The number of fused-ring (bicyclic) bond motifs is 1. The van der Waals surface area contributed by atoms with Gasteiger partial charge in [0.2, 0.25) is 5.91 Å². The monoisotopic (exact) mass is 245 g/mol. The second-order valence-corrected chi connectivity index (χ2v) is 5.05. The third kappa shape index (κ3) is 1.82. The highest BCUT2D eigenvalue weighted by Crippen LogP contribution is 2.25. The molecule has 2 amide bonds. The number of rotatable bonds is 2. The zero-order valence-corrected chi connectivity index (χ0v) is 10.2. The predicted octanol–water partition coefficient (Wildman–Crippen LogP) is -0.103. The Balaban J connectivity index is 1.80. The van der Waals surface area contributed by atoms with Gasteiger partial charge in [0.05, 0.1) is 19.0 Å². The Kier molecular flexibility index (Phi) is 2.88. The SMILES string of the molecule is O=C1[C@@H]2CCC[NH2+][C@H]2C(=O)N1Cc1ccccc1. The molecule has 2 heterocycles. The van der Waals surface area contributed by atoms with Crippen LogP contribution in [0.4, 0.5) is 0 Å². The van der Waals surface area contributed by atoms with E-state index in [0.717, 1.165) is 24.9 Å². The molecule has 0 bridgehead atoms. The summed E-state index contributed by atoms with van der Waals surface area (Å²) in [7, 11) is 0. The molecule has 1 aromatic carbocycles. The number of hydrogen-bond acceptors (Lipinski definition) is 2. The molecule has 1 aromatic rings. The number of nitrogens with two attached hydrogens (primary N) is 1. The Labute approximate surface area is 106 Å². The topological polar surface area (TPSA) is 54.0 Å². The summed E-state index contributed by atoms with van der Waals surface area (Å²) in [6, 6.07) is 9.54. The molecule has 94 valence electrons. The molecule has 2 fully saturated rings. The molecule has 0 unspecified atom stereocenters. The molecule has 2 N–H and O–H groups in total. The largest absolute Gasteiger partial charge is 0.335 e. The van der Waals surface area contributed by atoms with Gasteiger partial charge in [-0.2, -0.15) is 0 Å². The van der Waals surface area contributed by atoms with Gasteiger partial charge in [-0.1, -0.05) is 30.3 Å². The van der Waals surface area contributed by atoms with Crippen molar-refractivity contribution < 1.29 is 14.9 Å². The van der Waals surface area contributed by atoms with Crippen molar-refractivity contribution in [3.8, 4) is 0 Å². The fourth-order valence-electron chi connectivity index (χ4n) is 2.94. The normalized spacial score (nSPS) is 27.4. The predicted molar refractivity (Wildman–Crippen MR) is 65.3 cm³/mol. The number of benzene rings is 1. The Morgan fingerprint density at radius 2 is 1.94 bits per heavy atom. The van der Waals surface area contributed by atoms with E-state index >= 15 is 0 Å². The molecular weight excluding hydrogens is 228 g/mol. The fourth-order valence-corrected chi connectivity index (χ4v) is 2.94. The minimum absolute atomic E-state index is 0.00597. The first-order valence-electron chi connectivity index (χ1n) is 6.50. The van der Waals surface area contributed by atoms with Gasteiger partial charge in [-0.15, -0.1) is 0 Å². The van der Waals surface area contributed by atoms with Crippen molar-refractivity contribution in [3.63, 3.8) is 0 Å². The summed E-state index contributed by atoms with van der Waals surface area (Å²) in [6.07, 6.45) is 1.89. The first-order chi connectivity index (χ1) is 8.77. The average molecular weight is 245 g/mol. The van der Waals surface area contributed by atoms with E-state index in [1.165, 1.54) is 4.90 Å². The summed E-state index contributed by atoms with van der Waals surface area (Å²) in [4.78, 5) is 25.9. The molecule has 0 spiro atoms. The fraction of sp³-hybridized carbons (Fsp3) is 0.429. The summed E-state index contributed by atoms with van der Waals surface area (Å²) < 4.78 is 0. The number of nitrogens with zero attached hydrogens (tertiary/aromatic N) is 1. The minimum Gasteiger partial charge on any atom is -0.335 e. The van der Waals surface area contributed by atoms with Crippen LogP contribution in [0.3, 0.4) is 0 Å². The maximum Gasteiger partial charge on any atom is 0.288 e. The Hall–Kier alpha value is -1.68. The number of quaternary nitrogens is 1. The lowest BCUT2D eigenvalue weighted by atomic mass is 9.93. The summed E-state index contributed by atoms with van der Waals surface area (Å²) in [5.41, 5.74) is 1.01. The van der Waals surface area contributed by atoms with E-state index in [1.54, 1.807) is 0 Å². The van der Waals surface area contributed by atoms with Crippen molar-refractivity contribution in [2.24, 2.45) is 5.92 Å². The van der Waals surface area contributed by atoms with Gasteiger partial charge < -0.3 is 5.32 Å². The third-order valence-electron chi connectivity index (χ3n) is 3.89. The Morgan fingerprint density at radius 1 is 1.17 bits per heavy atom.